The van der Waals surface area contributed by atoms with Gasteiger partial charge in [0.15, 0.2) is 0 Å². The number of nitrogens with one attached hydrogen (secondary N) is 3. The zero-order valence-corrected chi connectivity index (χ0v) is 15.5. The molecule has 3 N–H and O–H groups in total. The van der Waals surface area contributed by atoms with E-state index in [-0.39, 0.29) is 6.54 Å². The van der Waals surface area contributed by atoms with E-state index in [0.717, 1.165) is 16.7 Å². The number of aryl methyl sites for hydroxylation is 3. The lowest BCUT2D eigenvalue weighted by Crippen LogP contribution is -2.39. The van der Waals surface area contributed by atoms with Crippen molar-refractivity contribution in [2.75, 3.05) is 17.2 Å². The maximum atomic E-state index is 11.9. The Labute approximate surface area is 156 Å². The number of benzene rings is 2. The van der Waals surface area contributed by atoms with Gasteiger partial charge in [-0.25, -0.2) is 0 Å². The summed E-state index contributed by atoms with van der Waals surface area (Å²) in [5.74, 6) is -2.18. The van der Waals surface area contributed by atoms with Crippen LogP contribution in [0, 0.1) is 20.8 Å². The Morgan fingerprint density at radius 2 is 1.42 bits per heavy atom. The first-order chi connectivity index (χ1) is 12.3. The number of rotatable bonds is 4. The van der Waals surface area contributed by atoms with Crippen molar-refractivity contribution in [3.63, 3.8) is 0 Å². The summed E-state index contributed by atoms with van der Waals surface area (Å²) in [7, 11) is 0. The Morgan fingerprint density at radius 3 is 2.04 bits per heavy atom. The Morgan fingerprint density at radius 1 is 0.808 bits per heavy atom. The van der Waals surface area contributed by atoms with Crippen LogP contribution in [0.15, 0.2) is 36.4 Å². The highest BCUT2D eigenvalue weighted by atomic mass is 35.5. The van der Waals surface area contributed by atoms with Crippen LogP contribution in [0.5, 0.6) is 0 Å². The number of halogens is 1. The predicted octanol–water partition coefficient (Wildman–Crippen LogP) is 2.96. The monoisotopic (exact) mass is 373 g/mol. The standard InChI is InChI=1S/C19H20ClN3O3/c1-11-4-6-14(8-13(11)3)23-19(26)18(25)21-10-17(24)22-15-7-5-12(2)16(20)9-15/h4-9H,10H2,1-3H3,(H,21,25)(H,22,24)(H,23,26). The Kier molecular flexibility index (Phi) is 6.36. The third-order valence-corrected chi connectivity index (χ3v) is 4.24. The summed E-state index contributed by atoms with van der Waals surface area (Å²) in [6.45, 7) is 5.38. The molecule has 0 saturated heterocycles. The molecule has 0 heterocycles. The number of carbonyl (C=O) groups is 3. The molecule has 0 fully saturated rings. The molecule has 0 aliphatic heterocycles. The van der Waals surface area contributed by atoms with Gasteiger partial charge in [-0.05, 0) is 61.7 Å². The zero-order valence-electron chi connectivity index (χ0n) is 14.8. The average Bonchev–Trinajstić information content (AvgIpc) is 2.59. The molecule has 136 valence electrons. The molecule has 2 rings (SSSR count). The van der Waals surface area contributed by atoms with E-state index in [0.29, 0.717) is 16.4 Å². The van der Waals surface area contributed by atoms with Crippen molar-refractivity contribution in [2.45, 2.75) is 20.8 Å². The van der Waals surface area contributed by atoms with E-state index >= 15 is 0 Å². The van der Waals surface area contributed by atoms with Gasteiger partial charge >= 0.3 is 11.8 Å². The summed E-state index contributed by atoms with van der Waals surface area (Å²) >= 11 is 5.99. The molecule has 2 aromatic carbocycles. The van der Waals surface area contributed by atoms with Crippen LogP contribution in [0.2, 0.25) is 5.02 Å². The molecule has 0 saturated carbocycles. The normalized spacial score (nSPS) is 10.2. The van der Waals surface area contributed by atoms with Gasteiger partial charge in [0.05, 0.1) is 6.54 Å². The first-order valence-corrected chi connectivity index (χ1v) is 8.36. The van der Waals surface area contributed by atoms with Crippen LogP contribution in [0.1, 0.15) is 16.7 Å². The van der Waals surface area contributed by atoms with Crippen molar-refractivity contribution in [1.29, 1.82) is 0 Å². The van der Waals surface area contributed by atoms with Gasteiger partial charge in [0.1, 0.15) is 0 Å². The first-order valence-electron chi connectivity index (χ1n) is 7.98. The molecule has 0 bridgehead atoms. The number of hydrogen-bond acceptors (Lipinski definition) is 3. The van der Waals surface area contributed by atoms with Crippen LogP contribution >= 0.6 is 11.6 Å². The maximum absolute atomic E-state index is 11.9. The number of carbonyl (C=O) groups excluding carboxylic acids is 3. The molecule has 0 aliphatic carbocycles. The van der Waals surface area contributed by atoms with E-state index in [2.05, 4.69) is 16.0 Å². The van der Waals surface area contributed by atoms with Gasteiger partial charge in [-0.2, -0.15) is 0 Å². The van der Waals surface area contributed by atoms with Gasteiger partial charge in [0.2, 0.25) is 5.91 Å². The third kappa shape index (κ3) is 5.32. The second-order valence-electron chi connectivity index (χ2n) is 5.95. The molecule has 0 atom stereocenters. The fourth-order valence-electron chi connectivity index (χ4n) is 2.12. The van der Waals surface area contributed by atoms with Gasteiger partial charge in [-0.1, -0.05) is 23.7 Å². The van der Waals surface area contributed by atoms with Crippen molar-refractivity contribution >= 4 is 40.7 Å². The summed E-state index contributed by atoms with van der Waals surface area (Å²) in [6, 6.07) is 10.4. The molecule has 0 spiro atoms. The second kappa shape index (κ2) is 8.49. The molecule has 6 nitrogen and oxygen atoms in total. The largest absolute Gasteiger partial charge is 0.339 e. The SMILES string of the molecule is Cc1ccc(NC(=O)C(=O)NCC(=O)Nc2ccc(C)c(Cl)c2)cc1C. The summed E-state index contributed by atoms with van der Waals surface area (Å²) in [4.78, 5) is 35.6. The molecule has 0 unspecified atom stereocenters. The van der Waals surface area contributed by atoms with Crippen LogP contribution < -0.4 is 16.0 Å². The molecule has 2 aromatic rings. The molecule has 0 aromatic heterocycles. The fraction of sp³-hybridized carbons (Fsp3) is 0.211. The highest BCUT2D eigenvalue weighted by Crippen LogP contribution is 2.19. The van der Waals surface area contributed by atoms with Gasteiger partial charge in [-0.15, -0.1) is 0 Å². The van der Waals surface area contributed by atoms with Crippen molar-refractivity contribution in [3.05, 3.63) is 58.1 Å². The van der Waals surface area contributed by atoms with Crippen LogP contribution in [0.3, 0.4) is 0 Å². The van der Waals surface area contributed by atoms with Crippen molar-refractivity contribution < 1.29 is 14.4 Å². The van der Waals surface area contributed by atoms with E-state index in [1.807, 2.05) is 26.8 Å². The average molecular weight is 374 g/mol. The number of anilines is 2. The van der Waals surface area contributed by atoms with Crippen molar-refractivity contribution in [2.24, 2.45) is 0 Å². The van der Waals surface area contributed by atoms with Gasteiger partial charge < -0.3 is 16.0 Å². The Hall–Kier alpha value is -2.86. The molecule has 26 heavy (non-hydrogen) atoms. The van der Waals surface area contributed by atoms with Gasteiger partial charge in [-0.3, -0.25) is 14.4 Å². The summed E-state index contributed by atoms with van der Waals surface area (Å²) in [5, 5.41) is 7.90. The lowest BCUT2D eigenvalue weighted by Gasteiger charge is -2.09. The lowest BCUT2D eigenvalue weighted by molar-refractivity contribution is -0.136. The zero-order chi connectivity index (χ0) is 19.3. The van der Waals surface area contributed by atoms with Crippen molar-refractivity contribution in [1.82, 2.24) is 5.32 Å². The minimum Gasteiger partial charge on any atom is -0.339 e. The third-order valence-electron chi connectivity index (χ3n) is 3.84. The minimum atomic E-state index is -0.889. The lowest BCUT2D eigenvalue weighted by atomic mass is 10.1. The van der Waals surface area contributed by atoms with Gasteiger partial charge in [0.25, 0.3) is 0 Å². The van der Waals surface area contributed by atoms with E-state index < -0.39 is 17.7 Å². The van der Waals surface area contributed by atoms with Crippen LogP contribution in [0.4, 0.5) is 11.4 Å². The molecule has 0 aliphatic rings. The van der Waals surface area contributed by atoms with Gasteiger partial charge in [0, 0.05) is 16.4 Å². The number of hydrogen-bond donors (Lipinski definition) is 3. The molecule has 7 heteroatoms. The quantitative estimate of drug-likeness (QED) is 0.720. The highest BCUT2D eigenvalue weighted by Gasteiger charge is 2.15. The van der Waals surface area contributed by atoms with Crippen LogP contribution in [-0.2, 0) is 14.4 Å². The molecule has 0 radical (unpaired) electrons. The minimum absolute atomic E-state index is 0.329. The first kappa shape index (κ1) is 19.5. The second-order valence-corrected chi connectivity index (χ2v) is 6.36. The fourth-order valence-corrected chi connectivity index (χ4v) is 2.30. The molecular weight excluding hydrogens is 354 g/mol. The smallest absolute Gasteiger partial charge is 0.313 e. The predicted molar refractivity (Wildman–Crippen MR) is 102 cm³/mol. The van der Waals surface area contributed by atoms with Crippen LogP contribution in [0.25, 0.3) is 0 Å². The molecular formula is C19H20ClN3O3. The Balaban J connectivity index is 1.84. The van der Waals surface area contributed by atoms with E-state index in [1.165, 1.54) is 0 Å². The summed E-state index contributed by atoms with van der Waals surface area (Å²) in [5.41, 5.74) is 4.01. The van der Waals surface area contributed by atoms with E-state index in [4.69, 9.17) is 11.6 Å². The van der Waals surface area contributed by atoms with Crippen molar-refractivity contribution in [3.8, 4) is 0 Å². The van der Waals surface area contributed by atoms with E-state index in [9.17, 15) is 14.4 Å². The summed E-state index contributed by atoms with van der Waals surface area (Å²) < 4.78 is 0. The summed E-state index contributed by atoms with van der Waals surface area (Å²) in [6.07, 6.45) is 0. The molecule has 3 amide bonds. The highest BCUT2D eigenvalue weighted by molar-refractivity contribution is 6.40. The van der Waals surface area contributed by atoms with Crippen LogP contribution in [-0.4, -0.2) is 24.3 Å². The maximum Gasteiger partial charge on any atom is 0.313 e. The Bertz CT molecular complexity index is 865. The number of amides is 3. The van der Waals surface area contributed by atoms with E-state index in [1.54, 1.807) is 30.3 Å². The topological polar surface area (TPSA) is 87.3 Å².